The molecule has 0 aromatic carbocycles. The molecule has 0 amide bonds. The molecule has 0 radical (unpaired) electrons. The summed E-state index contributed by atoms with van der Waals surface area (Å²) in [7, 11) is 0. The predicted octanol–water partition coefficient (Wildman–Crippen LogP) is 4.68. The van der Waals surface area contributed by atoms with Crippen molar-refractivity contribution in [2.24, 2.45) is 5.92 Å². The molecule has 0 saturated carbocycles. The Morgan fingerprint density at radius 2 is 1.69 bits per heavy atom. The Bertz CT molecular complexity index is 232. The maximum absolute atomic E-state index is 10.3. The zero-order valence-corrected chi connectivity index (χ0v) is 11.7. The van der Waals surface area contributed by atoms with Gasteiger partial charge in [0.1, 0.15) is 0 Å². The molecule has 0 aromatic rings. The van der Waals surface area contributed by atoms with Crippen LogP contribution in [0.3, 0.4) is 0 Å². The summed E-state index contributed by atoms with van der Waals surface area (Å²) in [5.41, 5.74) is 0. The van der Waals surface area contributed by atoms with E-state index < -0.39 is 5.97 Å². The van der Waals surface area contributed by atoms with Crippen LogP contribution in [0.2, 0.25) is 0 Å². The quantitative estimate of drug-likeness (QED) is 0.737. The summed E-state index contributed by atoms with van der Waals surface area (Å²) in [5, 5.41) is 8.43. The van der Waals surface area contributed by atoms with E-state index in [0.29, 0.717) is 12.3 Å². The van der Waals surface area contributed by atoms with Crippen LogP contribution in [0.4, 0.5) is 0 Å². The Labute approximate surface area is 104 Å². The summed E-state index contributed by atoms with van der Waals surface area (Å²) in [4.78, 5) is 12.2. The molecule has 16 heavy (non-hydrogen) atoms. The Balaban J connectivity index is 0. The van der Waals surface area contributed by atoms with Crippen LogP contribution in [0, 0.1) is 5.92 Å². The van der Waals surface area contributed by atoms with Crippen LogP contribution in [0.25, 0.3) is 0 Å². The molecule has 3 heteroatoms. The summed E-state index contributed by atoms with van der Waals surface area (Å²) < 4.78 is 0. The minimum Gasteiger partial charge on any atom is -0.481 e. The van der Waals surface area contributed by atoms with Crippen molar-refractivity contribution in [1.82, 2.24) is 0 Å². The number of carbonyl (C=O) groups is 1. The van der Waals surface area contributed by atoms with Gasteiger partial charge in [0, 0.05) is 6.42 Å². The number of carboxylic acid groups (broad SMARTS) is 1. The molecular formula is C13H24O2S. The van der Waals surface area contributed by atoms with Crippen molar-refractivity contribution < 1.29 is 9.90 Å². The second-order valence-electron chi connectivity index (χ2n) is 3.86. The summed E-state index contributed by atoms with van der Waals surface area (Å²) in [6.45, 7) is 16.0. The molecule has 0 atom stereocenters. The number of hydrogen-bond donors (Lipinski definition) is 1. The SMILES string of the molecule is C=C(CCC(=O)O)SC(=C)C(C)C.CCC. The Morgan fingerprint density at radius 3 is 2.00 bits per heavy atom. The first kappa shape index (κ1) is 17.7. The molecule has 0 bridgehead atoms. The standard InChI is InChI=1S/C10H16O2S.C3H8/c1-7(2)9(4)13-8(3)5-6-10(11)12;1-3-2/h7H,3-6H2,1-2H3,(H,11,12);3H2,1-2H3. The summed E-state index contributed by atoms with van der Waals surface area (Å²) in [6.07, 6.45) is 1.92. The number of carboxylic acids is 1. The second-order valence-corrected chi connectivity index (χ2v) is 5.17. The van der Waals surface area contributed by atoms with Gasteiger partial charge in [-0.3, -0.25) is 4.79 Å². The topological polar surface area (TPSA) is 37.3 Å². The van der Waals surface area contributed by atoms with E-state index in [0.717, 1.165) is 9.81 Å². The maximum Gasteiger partial charge on any atom is 0.303 e. The van der Waals surface area contributed by atoms with Crippen molar-refractivity contribution in [3.63, 3.8) is 0 Å². The van der Waals surface area contributed by atoms with E-state index in [1.165, 1.54) is 18.2 Å². The van der Waals surface area contributed by atoms with Gasteiger partial charge in [-0.05, 0) is 22.1 Å². The van der Waals surface area contributed by atoms with Crippen molar-refractivity contribution in [2.45, 2.75) is 47.0 Å². The fraction of sp³-hybridized carbons (Fsp3) is 0.615. The van der Waals surface area contributed by atoms with Gasteiger partial charge in [-0.1, -0.05) is 59.0 Å². The third-order valence-corrected chi connectivity index (χ3v) is 2.76. The van der Waals surface area contributed by atoms with E-state index >= 15 is 0 Å². The first-order chi connectivity index (χ1) is 7.34. The van der Waals surface area contributed by atoms with Crippen molar-refractivity contribution >= 4 is 17.7 Å². The van der Waals surface area contributed by atoms with Crippen molar-refractivity contribution in [3.05, 3.63) is 23.0 Å². The molecule has 0 aromatic heterocycles. The van der Waals surface area contributed by atoms with Crippen LogP contribution in [-0.2, 0) is 4.79 Å². The van der Waals surface area contributed by atoms with Gasteiger partial charge in [-0.25, -0.2) is 0 Å². The third-order valence-electron chi connectivity index (χ3n) is 1.54. The fourth-order valence-corrected chi connectivity index (χ4v) is 1.41. The lowest BCUT2D eigenvalue weighted by Crippen LogP contribution is -1.94. The van der Waals surface area contributed by atoms with Gasteiger partial charge in [0.15, 0.2) is 0 Å². The largest absolute Gasteiger partial charge is 0.481 e. The van der Waals surface area contributed by atoms with E-state index in [1.54, 1.807) is 0 Å². The van der Waals surface area contributed by atoms with Crippen LogP contribution >= 0.6 is 11.8 Å². The van der Waals surface area contributed by atoms with E-state index in [-0.39, 0.29) is 6.42 Å². The van der Waals surface area contributed by atoms with Crippen molar-refractivity contribution in [3.8, 4) is 0 Å². The van der Waals surface area contributed by atoms with Gasteiger partial charge < -0.3 is 5.11 Å². The average Bonchev–Trinajstić information content (AvgIpc) is 2.15. The lowest BCUT2D eigenvalue weighted by Gasteiger charge is -2.09. The van der Waals surface area contributed by atoms with Gasteiger partial charge >= 0.3 is 5.97 Å². The summed E-state index contributed by atoms with van der Waals surface area (Å²) in [6, 6.07) is 0. The van der Waals surface area contributed by atoms with Crippen molar-refractivity contribution in [2.75, 3.05) is 0 Å². The Hall–Kier alpha value is -0.700. The smallest absolute Gasteiger partial charge is 0.303 e. The molecule has 0 heterocycles. The molecular weight excluding hydrogens is 220 g/mol. The third kappa shape index (κ3) is 13.3. The molecule has 2 nitrogen and oxygen atoms in total. The van der Waals surface area contributed by atoms with E-state index in [4.69, 9.17) is 5.11 Å². The lowest BCUT2D eigenvalue weighted by molar-refractivity contribution is -0.136. The first-order valence-corrected chi connectivity index (χ1v) is 6.42. The normalized spacial score (nSPS) is 9.31. The highest BCUT2D eigenvalue weighted by Gasteiger charge is 2.05. The maximum atomic E-state index is 10.3. The number of aliphatic carboxylic acids is 1. The van der Waals surface area contributed by atoms with Crippen LogP contribution in [0.1, 0.15) is 47.0 Å². The zero-order chi connectivity index (χ0) is 13.1. The Kier molecular flexibility index (Phi) is 11.9. The minimum atomic E-state index is -0.781. The first-order valence-electron chi connectivity index (χ1n) is 5.61. The minimum absolute atomic E-state index is 0.150. The molecule has 0 unspecified atom stereocenters. The van der Waals surface area contributed by atoms with Gasteiger partial charge in [-0.15, -0.1) is 0 Å². The van der Waals surface area contributed by atoms with E-state index in [2.05, 4.69) is 40.9 Å². The summed E-state index contributed by atoms with van der Waals surface area (Å²) in [5.74, 6) is -0.372. The highest BCUT2D eigenvalue weighted by molar-refractivity contribution is 8.06. The van der Waals surface area contributed by atoms with Gasteiger partial charge in [0.05, 0.1) is 0 Å². The molecule has 1 N–H and O–H groups in total. The van der Waals surface area contributed by atoms with Crippen molar-refractivity contribution in [1.29, 1.82) is 0 Å². The monoisotopic (exact) mass is 244 g/mol. The average molecular weight is 244 g/mol. The van der Waals surface area contributed by atoms with Crippen LogP contribution in [0.15, 0.2) is 23.0 Å². The molecule has 0 aliphatic heterocycles. The molecule has 0 spiro atoms. The van der Waals surface area contributed by atoms with Gasteiger partial charge in [0.25, 0.3) is 0 Å². The molecule has 0 fully saturated rings. The zero-order valence-electron chi connectivity index (χ0n) is 10.9. The Morgan fingerprint density at radius 1 is 1.25 bits per heavy atom. The highest BCUT2D eigenvalue weighted by atomic mass is 32.2. The number of thioether (sulfide) groups is 1. The molecule has 94 valence electrons. The van der Waals surface area contributed by atoms with Gasteiger partial charge in [0.2, 0.25) is 0 Å². The fourth-order valence-electron chi connectivity index (χ4n) is 0.601. The highest BCUT2D eigenvalue weighted by Crippen LogP contribution is 2.30. The molecule has 0 aliphatic rings. The molecule has 0 saturated heterocycles. The van der Waals surface area contributed by atoms with Crippen LogP contribution < -0.4 is 0 Å². The van der Waals surface area contributed by atoms with Gasteiger partial charge in [-0.2, -0.15) is 0 Å². The number of rotatable bonds is 6. The second kappa shape index (κ2) is 10.8. The van der Waals surface area contributed by atoms with Crippen LogP contribution in [-0.4, -0.2) is 11.1 Å². The number of allylic oxidation sites excluding steroid dienone is 2. The van der Waals surface area contributed by atoms with Crippen LogP contribution in [0.5, 0.6) is 0 Å². The predicted molar refractivity (Wildman–Crippen MR) is 73.5 cm³/mol. The molecule has 0 rings (SSSR count). The van der Waals surface area contributed by atoms with E-state index in [1.807, 2.05) is 0 Å². The summed E-state index contributed by atoms with van der Waals surface area (Å²) >= 11 is 1.50. The lowest BCUT2D eigenvalue weighted by atomic mass is 10.2. The molecule has 0 aliphatic carbocycles. The number of hydrogen-bond acceptors (Lipinski definition) is 2. The van der Waals surface area contributed by atoms with E-state index in [9.17, 15) is 4.79 Å².